The van der Waals surface area contributed by atoms with Gasteiger partial charge in [0, 0.05) is 6.08 Å². The molecule has 0 aliphatic rings. The molecule has 6 unspecified atom stereocenters. The van der Waals surface area contributed by atoms with Crippen LogP contribution in [0.1, 0.15) is 12.8 Å². The normalized spacial score (nSPS) is 19.6. The molecule has 0 amide bonds. The summed E-state index contributed by atoms with van der Waals surface area (Å²) in [6.07, 6.45) is -18.5. The minimum Gasteiger partial charge on any atom is -0.459 e. The monoisotopic (exact) mass is 338 g/mol. The average Bonchev–Trinajstić information content (AvgIpc) is 2.53. The number of hydrogen-bond donors (Lipinski definition) is 0. The molecule has 0 N–H and O–H groups in total. The Morgan fingerprint density at radius 1 is 0.955 bits per heavy atom. The van der Waals surface area contributed by atoms with Crippen LogP contribution in [0, 0.1) is 0 Å². The third kappa shape index (κ3) is 6.65. The molecule has 0 aromatic rings. The molecule has 0 aliphatic heterocycles. The van der Waals surface area contributed by atoms with Gasteiger partial charge in [-0.15, -0.1) is 0 Å². The Bertz CT molecular complexity index is 342. The lowest BCUT2D eigenvalue weighted by Crippen LogP contribution is -2.44. The van der Waals surface area contributed by atoms with Gasteiger partial charge >= 0.3 is 5.97 Å². The van der Waals surface area contributed by atoms with Crippen molar-refractivity contribution in [2.45, 2.75) is 49.9 Å². The van der Waals surface area contributed by atoms with E-state index in [4.69, 9.17) is 0 Å². The number of carbonyl (C=O) groups excluding carboxylic acids is 1. The van der Waals surface area contributed by atoms with E-state index in [-0.39, 0.29) is 0 Å². The van der Waals surface area contributed by atoms with E-state index in [1.807, 2.05) is 0 Å². The molecule has 0 saturated carbocycles. The van der Waals surface area contributed by atoms with Crippen molar-refractivity contribution in [2.24, 2.45) is 0 Å². The lowest BCUT2D eigenvalue weighted by molar-refractivity contribution is -0.141. The highest BCUT2D eigenvalue weighted by atomic mass is 19.2. The van der Waals surface area contributed by atoms with Crippen molar-refractivity contribution in [3.8, 4) is 0 Å². The molecule has 0 spiro atoms. The van der Waals surface area contributed by atoms with Gasteiger partial charge in [-0.3, -0.25) is 4.39 Å². The molecule has 6 atom stereocenters. The van der Waals surface area contributed by atoms with Crippen LogP contribution in [0.15, 0.2) is 12.7 Å². The number of esters is 1. The van der Waals surface area contributed by atoms with E-state index >= 15 is 0 Å². The molecule has 22 heavy (non-hydrogen) atoms. The largest absolute Gasteiger partial charge is 0.459 e. The van der Waals surface area contributed by atoms with Crippen LogP contribution in [0.2, 0.25) is 0 Å². The van der Waals surface area contributed by atoms with Crippen molar-refractivity contribution < 1.29 is 40.3 Å². The molecule has 0 radical (unpaired) electrons. The average molecular weight is 338 g/mol. The second-order valence-electron chi connectivity index (χ2n) is 4.48. The molecule has 0 aromatic heterocycles. The first-order chi connectivity index (χ1) is 10.3. The molecule has 9 heteroatoms. The van der Waals surface area contributed by atoms with Gasteiger partial charge in [-0.25, -0.2) is 31.1 Å². The second-order valence-corrected chi connectivity index (χ2v) is 4.48. The van der Waals surface area contributed by atoms with Crippen molar-refractivity contribution >= 4 is 5.97 Å². The van der Waals surface area contributed by atoms with E-state index in [1.165, 1.54) is 0 Å². The van der Waals surface area contributed by atoms with Gasteiger partial charge in [0.25, 0.3) is 0 Å². The first-order valence-electron chi connectivity index (χ1n) is 6.45. The Kier molecular flexibility index (Phi) is 9.84. The van der Waals surface area contributed by atoms with Gasteiger partial charge in [0.2, 0.25) is 0 Å². The predicted molar refractivity (Wildman–Crippen MR) is 65.7 cm³/mol. The van der Waals surface area contributed by atoms with E-state index in [0.29, 0.717) is 6.08 Å². The number of halogens is 7. The first-order valence-corrected chi connectivity index (χ1v) is 6.45. The fraction of sp³-hybridized carbons (Fsp3) is 0.769. The van der Waals surface area contributed by atoms with Crippen molar-refractivity contribution in [3.05, 3.63) is 12.7 Å². The van der Waals surface area contributed by atoms with Gasteiger partial charge in [-0.1, -0.05) is 6.58 Å². The first kappa shape index (κ1) is 20.7. The van der Waals surface area contributed by atoms with Crippen molar-refractivity contribution in [3.63, 3.8) is 0 Å². The summed E-state index contributed by atoms with van der Waals surface area (Å²) in [5.74, 6) is -1.11. The van der Waals surface area contributed by atoms with Gasteiger partial charge in [0.1, 0.15) is 12.8 Å². The minimum absolute atomic E-state index is 0.409. The van der Waals surface area contributed by atoms with Gasteiger partial charge in [-0.2, -0.15) is 0 Å². The molecule has 2 nitrogen and oxygen atoms in total. The molecule has 0 aromatic carbocycles. The Balaban J connectivity index is 4.48. The molecule has 0 fully saturated rings. The maximum Gasteiger partial charge on any atom is 0.330 e. The van der Waals surface area contributed by atoms with Crippen LogP contribution in [0.25, 0.3) is 0 Å². The number of rotatable bonds is 11. The predicted octanol–water partition coefficient (Wildman–Crippen LogP) is 3.49. The lowest BCUT2D eigenvalue weighted by atomic mass is 9.99. The number of hydrogen-bond acceptors (Lipinski definition) is 2. The standard InChI is InChI=1S/C13H17F7O2/c1-2-9(21)22-6-8(16)11(18)13(20)12(19)10(17)7(15)4-3-5-14/h2,7-8,10-13H,1,3-6H2. The Morgan fingerprint density at radius 3 is 1.91 bits per heavy atom. The summed E-state index contributed by atoms with van der Waals surface area (Å²) in [7, 11) is 0. The van der Waals surface area contributed by atoms with Gasteiger partial charge in [0.05, 0.1) is 6.67 Å². The highest BCUT2D eigenvalue weighted by Gasteiger charge is 2.43. The summed E-state index contributed by atoms with van der Waals surface area (Å²) in [5, 5.41) is 0. The number of alkyl halides is 7. The maximum absolute atomic E-state index is 13.3. The summed E-state index contributed by atoms with van der Waals surface area (Å²) in [4.78, 5) is 10.6. The van der Waals surface area contributed by atoms with Crippen LogP contribution in [-0.2, 0) is 9.53 Å². The van der Waals surface area contributed by atoms with E-state index < -0.39 is 69.1 Å². The van der Waals surface area contributed by atoms with Gasteiger partial charge < -0.3 is 4.74 Å². The van der Waals surface area contributed by atoms with E-state index in [9.17, 15) is 35.5 Å². The summed E-state index contributed by atoms with van der Waals surface area (Å²) in [6.45, 7) is 0.770. The minimum atomic E-state index is -3.30. The van der Waals surface area contributed by atoms with Crippen LogP contribution < -0.4 is 0 Å². The van der Waals surface area contributed by atoms with E-state index in [0.717, 1.165) is 0 Å². The van der Waals surface area contributed by atoms with Gasteiger partial charge in [-0.05, 0) is 12.8 Å². The van der Waals surface area contributed by atoms with Gasteiger partial charge in [0.15, 0.2) is 30.9 Å². The SMILES string of the molecule is C=CC(=O)OCC(F)C(F)C(F)C(F)C(F)C(F)CCCF. The summed E-state index contributed by atoms with van der Waals surface area (Å²) in [6, 6.07) is 0. The molecule has 130 valence electrons. The summed E-state index contributed by atoms with van der Waals surface area (Å²) < 4.78 is 95.4. The smallest absolute Gasteiger partial charge is 0.330 e. The molecule has 0 heterocycles. The molecular formula is C13H17F7O2. The Hall–Kier alpha value is -1.28. The summed E-state index contributed by atoms with van der Waals surface area (Å²) in [5.41, 5.74) is 0. The molecule has 0 saturated heterocycles. The lowest BCUT2D eigenvalue weighted by Gasteiger charge is -2.24. The summed E-state index contributed by atoms with van der Waals surface area (Å²) >= 11 is 0. The van der Waals surface area contributed by atoms with Crippen molar-refractivity contribution in [1.29, 1.82) is 0 Å². The second kappa shape index (κ2) is 10.4. The van der Waals surface area contributed by atoms with Crippen molar-refractivity contribution in [1.82, 2.24) is 0 Å². The van der Waals surface area contributed by atoms with E-state index in [2.05, 4.69) is 11.3 Å². The third-order valence-electron chi connectivity index (χ3n) is 2.77. The quantitative estimate of drug-likeness (QED) is 0.327. The third-order valence-corrected chi connectivity index (χ3v) is 2.77. The topological polar surface area (TPSA) is 26.3 Å². The fourth-order valence-corrected chi connectivity index (χ4v) is 1.49. The van der Waals surface area contributed by atoms with Crippen LogP contribution in [0.5, 0.6) is 0 Å². The Labute approximate surface area is 123 Å². The molecular weight excluding hydrogens is 321 g/mol. The zero-order valence-corrected chi connectivity index (χ0v) is 11.5. The molecule has 0 rings (SSSR count). The zero-order chi connectivity index (χ0) is 17.3. The molecule has 0 aliphatic carbocycles. The maximum atomic E-state index is 13.3. The van der Waals surface area contributed by atoms with Crippen LogP contribution in [-0.4, -0.2) is 56.3 Å². The highest BCUT2D eigenvalue weighted by molar-refractivity contribution is 5.81. The molecule has 0 bridgehead atoms. The fourth-order valence-electron chi connectivity index (χ4n) is 1.49. The zero-order valence-electron chi connectivity index (χ0n) is 11.5. The van der Waals surface area contributed by atoms with Crippen LogP contribution >= 0.6 is 0 Å². The van der Waals surface area contributed by atoms with Crippen LogP contribution in [0.3, 0.4) is 0 Å². The number of ether oxygens (including phenoxy) is 1. The van der Waals surface area contributed by atoms with Crippen molar-refractivity contribution in [2.75, 3.05) is 13.3 Å². The highest BCUT2D eigenvalue weighted by Crippen LogP contribution is 2.25. The van der Waals surface area contributed by atoms with Crippen LogP contribution in [0.4, 0.5) is 30.7 Å². The van der Waals surface area contributed by atoms with E-state index in [1.54, 1.807) is 0 Å². The number of carbonyl (C=O) groups is 1. The Morgan fingerprint density at radius 2 is 1.45 bits per heavy atom.